The predicted molar refractivity (Wildman–Crippen MR) is 118 cm³/mol. The third-order valence-corrected chi connectivity index (χ3v) is 4.88. The van der Waals surface area contributed by atoms with Crippen LogP contribution in [0.4, 0.5) is 5.69 Å². The van der Waals surface area contributed by atoms with Crippen LogP contribution in [0, 0.1) is 5.92 Å². The maximum atomic E-state index is 12.1. The smallest absolute Gasteiger partial charge is 0.224 e. The fraction of sp³-hybridized carbons (Fsp3) is 0.208. The molecule has 2 aromatic heterocycles. The molecule has 0 saturated heterocycles. The highest BCUT2D eigenvalue weighted by Crippen LogP contribution is 2.28. The monoisotopic (exact) mass is 400 g/mol. The molecule has 0 aliphatic carbocycles. The second-order valence-electron chi connectivity index (χ2n) is 7.71. The van der Waals surface area contributed by atoms with Gasteiger partial charge < -0.3 is 10.4 Å². The zero-order valence-corrected chi connectivity index (χ0v) is 17.0. The molecule has 0 radical (unpaired) electrons. The van der Waals surface area contributed by atoms with Crippen LogP contribution in [0.2, 0.25) is 0 Å². The minimum absolute atomic E-state index is 0.00901. The number of aliphatic hydroxyl groups is 1. The highest BCUT2D eigenvalue weighted by molar-refractivity contribution is 5.91. The lowest BCUT2D eigenvalue weighted by molar-refractivity contribution is -0.116. The summed E-state index contributed by atoms with van der Waals surface area (Å²) in [7, 11) is 0. The van der Waals surface area contributed by atoms with Crippen LogP contribution in [0.15, 0.2) is 67.0 Å². The van der Waals surface area contributed by atoms with Crippen LogP contribution in [0.3, 0.4) is 0 Å². The molecule has 6 nitrogen and oxygen atoms in total. The van der Waals surface area contributed by atoms with Crippen molar-refractivity contribution in [2.75, 3.05) is 5.32 Å². The van der Waals surface area contributed by atoms with Crippen LogP contribution < -0.4 is 5.32 Å². The molecule has 30 heavy (non-hydrogen) atoms. The van der Waals surface area contributed by atoms with Gasteiger partial charge in [-0.2, -0.15) is 5.10 Å². The maximum absolute atomic E-state index is 12.1. The molecule has 0 spiro atoms. The van der Waals surface area contributed by atoms with Gasteiger partial charge in [0.25, 0.3) is 0 Å². The van der Waals surface area contributed by atoms with Gasteiger partial charge in [-0.25, -0.2) is 9.50 Å². The van der Waals surface area contributed by atoms with E-state index in [2.05, 4.69) is 15.4 Å². The fourth-order valence-electron chi connectivity index (χ4n) is 3.44. The Labute approximate surface area is 175 Å². The summed E-state index contributed by atoms with van der Waals surface area (Å²) in [4.78, 5) is 16.7. The summed E-state index contributed by atoms with van der Waals surface area (Å²) in [5, 5.41) is 16.8. The van der Waals surface area contributed by atoms with Crippen molar-refractivity contribution < 1.29 is 9.90 Å². The Morgan fingerprint density at radius 3 is 2.63 bits per heavy atom. The minimum atomic E-state index is 0.00901. The number of nitrogens with zero attached hydrogens (tertiary/aromatic N) is 3. The number of rotatable bonds is 6. The first-order valence-corrected chi connectivity index (χ1v) is 9.98. The molecule has 0 atom stereocenters. The second kappa shape index (κ2) is 8.47. The number of carbonyl (C=O) groups excluding carboxylic acids is 1. The Hall–Kier alpha value is -3.51. The summed E-state index contributed by atoms with van der Waals surface area (Å²) in [6.45, 7) is 4.06. The lowest BCUT2D eigenvalue weighted by atomic mass is 10.1. The molecule has 0 fully saturated rings. The van der Waals surface area contributed by atoms with Crippen molar-refractivity contribution in [2.45, 2.75) is 26.9 Å². The highest BCUT2D eigenvalue weighted by Gasteiger charge is 2.13. The second-order valence-corrected chi connectivity index (χ2v) is 7.71. The van der Waals surface area contributed by atoms with Crippen molar-refractivity contribution in [2.24, 2.45) is 5.92 Å². The van der Waals surface area contributed by atoms with Crippen molar-refractivity contribution in [1.82, 2.24) is 14.6 Å². The fourth-order valence-corrected chi connectivity index (χ4v) is 3.44. The number of amides is 1. The SMILES string of the molecule is CC(C)CC(=O)Nc1cccc(-c2ccnc3c(-c4ccc(CO)cc4)cnn23)c1. The summed E-state index contributed by atoms with van der Waals surface area (Å²) in [5.41, 5.74) is 6.10. The van der Waals surface area contributed by atoms with Gasteiger partial charge >= 0.3 is 0 Å². The molecule has 2 heterocycles. The average Bonchev–Trinajstić information content (AvgIpc) is 3.17. The van der Waals surface area contributed by atoms with Crippen LogP contribution in [0.25, 0.3) is 28.0 Å². The third-order valence-electron chi connectivity index (χ3n) is 4.88. The molecule has 0 bridgehead atoms. The standard InChI is InChI=1S/C24H24N4O2/c1-16(2)12-23(30)27-20-5-3-4-19(13-20)22-10-11-25-24-21(14-26-28(22)24)18-8-6-17(15-29)7-9-18/h3-11,13-14,16,29H,12,15H2,1-2H3,(H,27,30). The van der Waals surface area contributed by atoms with E-state index in [-0.39, 0.29) is 12.5 Å². The average molecular weight is 400 g/mol. The molecule has 0 unspecified atom stereocenters. The predicted octanol–water partition coefficient (Wildman–Crippen LogP) is 4.54. The van der Waals surface area contributed by atoms with E-state index in [1.165, 1.54) is 0 Å². The number of hydrogen-bond acceptors (Lipinski definition) is 4. The molecule has 152 valence electrons. The van der Waals surface area contributed by atoms with E-state index in [9.17, 15) is 9.90 Å². The number of hydrogen-bond donors (Lipinski definition) is 2. The Balaban J connectivity index is 1.69. The molecule has 2 N–H and O–H groups in total. The van der Waals surface area contributed by atoms with Crippen LogP contribution in [0.1, 0.15) is 25.8 Å². The Morgan fingerprint density at radius 2 is 1.90 bits per heavy atom. The van der Waals surface area contributed by atoms with Gasteiger partial charge in [-0.05, 0) is 35.2 Å². The topological polar surface area (TPSA) is 79.5 Å². The molecular formula is C24H24N4O2. The first kappa shape index (κ1) is 19.8. The molecule has 0 aliphatic heterocycles. The van der Waals surface area contributed by atoms with Crippen molar-refractivity contribution in [3.8, 4) is 22.4 Å². The first-order valence-electron chi connectivity index (χ1n) is 9.98. The van der Waals surface area contributed by atoms with Gasteiger partial charge in [0.1, 0.15) is 0 Å². The van der Waals surface area contributed by atoms with Crippen LogP contribution in [0.5, 0.6) is 0 Å². The van der Waals surface area contributed by atoms with E-state index in [0.717, 1.165) is 39.3 Å². The van der Waals surface area contributed by atoms with Gasteiger partial charge in [0.05, 0.1) is 18.5 Å². The van der Waals surface area contributed by atoms with Gasteiger partial charge in [0.15, 0.2) is 5.65 Å². The number of nitrogens with one attached hydrogen (secondary N) is 1. The first-order chi connectivity index (χ1) is 14.5. The number of aromatic nitrogens is 3. The zero-order chi connectivity index (χ0) is 21.1. The number of benzene rings is 2. The normalized spacial score (nSPS) is 11.2. The summed E-state index contributed by atoms with van der Waals surface area (Å²) in [5.74, 6) is 0.316. The van der Waals surface area contributed by atoms with Crippen LogP contribution in [-0.4, -0.2) is 25.6 Å². The zero-order valence-electron chi connectivity index (χ0n) is 17.0. The molecule has 1 amide bonds. The lowest BCUT2D eigenvalue weighted by Crippen LogP contribution is -2.13. The number of fused-ring (bicyclic) bond motifs is 1. The minimum Gasteiger partial charge on any atom is -0.392 e. The summed E-state index contributed by atoms with van der Waals surface area (Å²) >= 11 is 0. The van der Waals surface area contributed by atoms with Crippen molar-refractivity contribution in [1.29, 1.82) is 0 Å². The summed E-state index contributed by atoms with van der Waals surface area (Å²) < 4.78 is 1.81. The summed E-state index contributed by atoms with van der Waals surface area (Å²) in [6, 6.07) is 17.4. The Morgan fingerprint density at radius 1 is 1.10 bits per heavy atom. The highest BCUT2D eigenvalue weighted by atomic mass is 16.3. The maximum Gasteiger partial charge on any atom is 0.224 e. The Bertz CT molecular complexity index is 1180. The van der Waals surface area contributed by atoms with Gasteiger partial charge in [-0.1, -0.05) is 50.2 Å². The quantitative estimate of drug-likeness (QED) is 0.498. The van der Waals surface area contributed by atoms with E-state index >= 15 is 0 Å². The Kier molecular flexibility index (Phi) is 5.59. The summed E-state index contributed by atoms with van der Waals surface area (Å²) in [6.07, 6.45) is 4.05. The number of aliphatic hydroxyl groups excluding tert-OH is 1. The van der Waals surface area contributed by atoms with Gasteiger partial charge in [0, 0.05) is 29.4 Å². The van der Waals surface area contributed by atoms with Gasteiger partial charge in [-0.3, -0.25) is 4.79 Å². The van der Waals surface area contributed by atoms with E-state index < -0.39 is 0 Å². The van der Waals surface area contributed by atoms with E-state index in [4.69, 9.17) is 0 Å². The van der Waals surface area contributed by atoms with Crippen molar-refractivity contribution >= 4 is 17.2 Å². The molecule has 0 aliphatic rings. The third kappa shape index (κ3) is 4.09. The van der Waals surface area contributed by atoms with Crippen LogP contribution in [-0.2, 0) is 11.4 Å². The van der Waals surface area contributed by atoms with Crippen molar-refractivity contribution in [3.05, 3.63) is 72.6 Å². The molecular weight excluding hydrogens is 376 g/mol. The number of carbonyl (C=O) groups is 1. The molecule has 4 rings (SSSR count). The van der Waals surface area contributed by atoms with Gasteiger partial charge in [-0.15, -0.1) is 0 Å². The van der Waals surface area contributed by atoms with Gasteiger partial charge in [0.2, 0.25) is 5.91 Å². The van der Waals surface area contributed by atoms with E-state index in [1.807, 2.05) is 73.0 Å². The molecule has 6 heteroatoms. The lowest BCUT2D eigenvalue weighted by Gasteiger charge is -2.10. The van der Waals surface area contributed by atoms with Crippen LogP contribution >= 0.6 is 0 Å². The largest absolute Gasteiger partial charge is 0.392 e. The van der Waals surface area contributed by atoms with E-state index in [0.29, 0.717) is 12.3 Å². The molecule has 0 saturated carbocycles. The number of anilines is 1. The van der Waals surface area contributed by atoms with Crippen molar-refractivity contribution in [3.63, 3.8) is 0 Å². The molecule has 4 aromatic rings. The van der Waals surface area contributed by atoms with E-state index in [1.54, 1.807) is 12.4 Å². The molecule has 2 aromatic carbocycles.